The summed E-state index contributed by atoms with van der Waals surface area (Å²) in [5.74, 6) is 1.92. The Hall–Kier alpha value is -0.910. The summed E-state index contributed by atoms with van der Waals surface area (Å²) in [4.78, 5) is 11.9. The molecule has 5 rings (SSSR count). The lowest BCUT2D eigenvalue weighted by Crippen LogP contribution is -2.67. The molecule has 5 fully saturated rings. The van der Waals surface area contributed by atoms with Crippen LogP contribution >= 0.6 is 0 Å². The standard InChI is InChI=1S/C32H52O5/c1-20(17-33)22-9-14-32(19-37-21(2)35)16-15-30(5)23(27(22)32)7-8-25-28(3)12-11-26(36)29(4,18-34)24(28)10-13-31(25,30)6/h22-27,33-34,36H,1,7-19H2,2-6H3/t22-,23?,24+,25?,26?,27?,28-,29-,30+,31+,32+/m0/s1. The van der Waals surface area contributed by atoms with Crippen LogP contribution in [0.2, 0.25) is 0 Å². The van der Waals surface area contributed by atoms with Gasteiger partial charge in [0.15, 0.2) is 0 Å². The van der Waals surface area contributed by atoms with Gasteiger partial charge < -0.3 is 20.1 Å². The molecule has 0 heterocycles. The summed E-state index contributed by atoms with van der Waals surface area (Å²) < 4.78 is 5.75. The van der Waals surface area contributed by atoms with Gasteiger partial charge in [-0.25, -0.2) is 0 Å². The number of aliphatic hydroxyl groups excluding tert-OH is 3. The fraction of sp³-hybridized carbons (Fsp3) is 0.906. The molecule has 0 amide bonds. The summed E-state index contributed by atoms with van der Waals surface area (Å²) in [5, 5.41) is 31.6. The molecule has 3 N–H and O–H groups in total. The monoisotopic (exact) mass is 516 g/mol. The van der Waals surface area contributed by atoms with Gasteiger partial charge in [0.2, 0.25) is 0 Å². The van der Waals surface area contributed by atoms with E-state index in [2.05, 4.69) is 34.3 Å². The van der Waals surface area contributed by atoms with E-state index in [0.29, 0.717) is 36.2 Å². The zero-order valence-electron chi connectivity index (χ0n) is 24.0. The Morgan fingerprint density at radius 3 is 2.27 bits per heavy atom. The lowest BCUT2D eigenvalue weighted by molar-refractivity contribution is -0.255. The van der Waals surface area contributed by atoms with Gasteiger partial charge in [-0.3, -0.25) is 4.79 Å². The van der Waals surface area contributed by atoms with Crippen molar-refractivity contribution in [2.75, 3.05) is 19.8 Å². The van der Waals surface area contributed by atoms with E-state index in [1.807, 2.05) is 0 Å². The van der Waals surface area contributed by atoms with E-state index < -0.39 is 11.5 Å². The molecule has 0 aromatic rings. The zero-order valence-corrected chi connectivity index (χ0v) is 24.0. The van der Waals surface area contributed by atoms with Crippen molar-refractivity contribution in [2.24, 2.45) is 56.7 Å². The van der Waals surface area contributed by atoms with E-state index in [9.17, 15) is 20.1 Å². The average molecular weight is 517 g/mol. The average Bonchev–Trinajstić information content (AvgIpc) is 3.25. The van der Waals surface area contributed by atoms with E-state index >= 15 is 0 Å². The van der Waals surface area contributed by atoms with Gasteiger partial charge in [-0.05, 0) is 116 Å². The molecule has 210 valence electrons. The normalized spacial score (nSPS) is 52.9. The van der Waals surface area contributed by atoms with Gasteiger partial charge in [-0.2, -0.15) is 0 Å². The van der Waals surface area contributed by atoms with E-state index in [1.54, 1.807) is 0 Å². The second-order valence-corrected chi connectivity index (χ2v) is 15.0. The third-order valence-electron chi connectivity index (χ3n) is 14.0. The summed E-state index contributed by atoms with van der Waals surface area (Å²) in [6.07, 6.45) is 10.3. The summed E-state index contributed by atoms with van der Waals surface area (Å²) in [7, 11) is 0. The maximum Gasteiger partial charge on any atom is 0.302 e. The SMILES string of the molecule is C=C(CO)[C@@H]1CC[C@]2(COC(C)=O)CC[C@]3(C)C(CCC4[C@@]5(C)CCC(O)[C@@](C)(CO)[C@@H]5CC[C@]43C)C12. The topological polar surface area (TPSA) is 87.0 Å². The van der Waals surface area contributed by atoms with E-state index in [4.69, 9.17) is 4.74 Å². The lowest BCUT2D eigenvalue weighted by atomic mass is 9.32. The second-order valence-electron chi connectivity index (χ2n) is 15.0. The molecule has 37 heavy (non-hydrogen) atoms. The smallest absolute Gasteiger partial charge is 0.302 e. The molecule has 0 bridgehead atoms. The number of fused-ring (bicyclic) bond motifs is 7. The largest absolute Gasteiger partial charge is 0.465 e. The lowest BCUT2D eigenvalue weighted by Gasteiger charge is -2.73. The van der Waals surface area contributed by atoms with Gasteiger partial charge in [0.05, 0.1) is 25.9 Å². The number of carbonyl (C=O) groups excluding carboxylic acids is 1. The number of ether oxygens (including phenoxy) is 1. The van der Waals surface area contributed by atoms with Crippen LogP contribution in [-0.2, 0) is 9.53 Å². The highest BCUT2D eigenvalue weighted by Crippen LogP contribution is 2.77. The summed E-state index contributed by atoms with van der Waals surface area (Å²) in [6, 6.07) is 0. The number of hydrogen-bond donors (Lipinski definition) is 3. The molecular formula is C32H52O5. The first-order valence-electron chi connectivity index (χ1n) is 15.0. The van der Waals surface area contributed by atoms with Gasteiger partial charge >= 0.3 is 5.97 Å². The highest BCUT2D eigenvalue weighted by atomic mass is 16.5. The van der Waals surface area contributed by atoms with Gasteiger partial charge in [0.1, 0.15) is 0 Å². The molecule has 11 atom stereocenters. The number of esters is 1. The number of hydrogen-bond acceptors (Lipinski definition) is 5. The molecule has 5 saturated carbocycles. The molecule has 0 spiro atoms. The van der Waals surface area contributed by atoms with Crippen LogP contribution in [0.15, 0.2) is 12.2 Å². The molecule has 5 nitrogen and oxygen atoms in total. The first-order valence-corrected chi connectivity index (χ1v) is 15.0. The maximum absolute atomic E-state index is 11.9. The van der Waals surface area contributed by atoms with Crippen LogP contribution in [0.1, 0.15) is 98.8 Å². The highest BCUT2D eigenvalue weighted by molar-refractivity contribution is 5.65. The molecule has 0 saturated heterocycles. The predicted octanol–water partition coefficient (Wildman–Crippen LogP) is 5.51. The Morgan fingerprint density at radius 2 is 1.62 bits per heavy atom. The van der Waals surface area contributed by atoms with Crippen molar-refractivity contribution >= 4 is 5.97 Å². The molecule has 0 radical (unpaired) electrons. The quantitative estimate of drug-likeness (QED) is 0.331. The zero-order chi connectivity index (χ0) is 27.0. The third kappa shape index (κ3) is 3.62. The van der Waals surface area contributed by atoms with Gasteiger partial charge in [-0.1, -0.05) is 34.3 Å². The Kier molecular flexibility index (Phi) is 6.77. The predicted molar refractivity (Wildman–Crippen MR) is 144 cm³/mol. The highest BCUT2D eigenvalue weighted by Gasteiger charge is 2.71. The Bertz CT molecular complexity index is 932. The summed E-state index contributed by atoms with van der Waals surface area (Å²) in [6.45, 7) is 16.2. The van der Waals surface area contributed by atoms with E-state index in [0.717, 1.165) is 56.9 Å². The summed E-state index contributed by atoms with van der Waals surface area (Å²) >= 11 is 0. The first kappa shape index (κ1) is 27.6. The van der Waals surface area contributed by atoms with Crippen LogP contribution in [0.5, 0.6) is 0 Å². The van der Waals surface area contributed by atoms with Crippen molar-refractivity contribution in [3.63, 3.8) is 0 Å². The van der Waals surface area contributed by atoms with E-state index in [-0.39, 0.29) is 40.8 Å². The maximum atomic E-state index is 11.9. The fourth-order valence-corrected chi connectivity index (χ4v) is 11.8. The van der Waals surface area contributed by atoms with Crippen LogP contribution in [0.25, 0.3) is 0 Å². The fourth-order valence-electron chi connectivity index (χ4n) is 11.8. The Labute approximate surface area is 224 Å². The Morgan fingerprint density at radius 1 is 0.892 bits per heavy atom. The molecule has 5 aliphatic carbocycles. The van der Waals surface area contributed by atoms with Crippen molar-refractivity contribution in [3.8, 4) is 0 Å². The molecule has 0 aliphatic heterocycles. The van der Waals surface area contributed by atoms with Gasteiger partial charge in [0.25, 0.3) is 0 Å². The van der Waals surface area contributed by atoms with Crippen LogP contribution in [0.4, 0.5) is 0 Å². The molecule has 0 aromatic heterocycles. The Balaban J connectivity index is 1.53. The van der Waals surface area contributed by atoms with Crippen LogP contribution in [0.3, 0.4) is 0 Å². The minimum absolute atomic E-state index is 0.00661. The van der Waals surface area contributed by atoms with Gasteiger partial charge in [0, 0.05) is 17.8 Å². The third-order valence-corrected chi connectivity index (χ3v) is 14.0. The number of carbonyl (C=O) groups is 1. The molecule has 5 aliphatic rings. The second kappa shape index (κ2) is 9.06. The molecular weight excluding hydrogens is 464 g/mol. The molecule has 4 unspecified atom stereocenters. The summed E-state index contributed by atoms with van der Waals surface area (Å²) in [5.41, 5.74) is 0.996. The van der Waals surface area contributed by atoms with Gasteiger partial charge in [-0.15, -0.1) is 0 Å². The minimum atomic E-state index is -0.424. The van der Waals surface area contributed by atoms with Crippen LogP contribution < -0.4 is 0 Å². The number of rotatable bonds is 5. The van der Waals surface area contributed by atoms with Crippen molar-refractivity contribution in [1.29, 1.82) is 0 Å². The molecule has 0 aromatic carbocycles. The van der Waals surface area contributed by atoms with Crippen molar-refractivity contribution in [2.45, 2.75) is 105 Å². The van der Waals surface area contributed by atoms with Crippen LogP contribution in [-0.4, -0.2) is 47.2 Å². The van der Waals surface area contributed by atoms with E-state index in [1.165, 1.54) is 19.8 Å². The molecule has 5 heteroatoms. The van der Waals surface area contributed by atoms with Crippen LogP contribution in [0, 0.1) is 56.7 Å². The number of aliphatic hydroxyl groups is 3. The van der Waals surface area contributed by atoms with Crippen molar-refractivity contribution < 1.29 is 24.9 Å². The minimum Gasteiger partial charge on any atom is -0.465 e. The van der Waals surface area contributed by atoms with Crippen molar-refractivity contribution in [3.05, 3.63) is 12.2 Å². The van der Waals surface area contributed by atoms with Crippen molar-refractivity contribution in [1.82, 2.24) is 0 Å². The first-order chi connectivity index (χ1) is 17.3.